The first kappa shape index (κ1) is 16.9. The lowest BCUT2D eigenvalue weighted by atomic mass is 10.0. The molecule has 2 N–H and O–H groups in total. The zero-order chi connectivity index (χ0) is 16.4. The normalized spacial score (nSPS) is 21.6. The Morgan fingerprint density at radius 2 is 1.74 bits per heavy atom. The maximum absolute atomic E-state index is 5.98. The van der Waals surface area contributed by atoms with Gasteiger partial charge in [0.2, 0.25) is 0 Å². The molecule has 2 aliphatic rings. The Balaban J connectivity index is 1.63. The molecule has 0 atom stereocenters. The molecule has 3 rings (SSSR count). The van der Waals surface area contributed by atoms with Gasteiger partial charge in [0.25, 0.3) is 0 Å². The van der Waals surface area contributed by atoms with Crippen molar-refractivity contribution in [2.24, 2.45) is 0 Å². The number of nitrogen functional groups attached to an aromatic ring is 1. The van der Waals surface area contributed by atoms with Crippen LogP contribution in [0.25, 0.3) is 0 Å². The van der Waals surface area contributed by atoms with Gasteiger partial charge in [-0.3, -0.25) is 4.90 Å². The fourth-order valence-electron chi connectivity index (χ4n) is 3.64. The lowest BCUT2D eigenvalue weighted by molar-refractivity contribution is 0.0982. The van der Waals surface area contributed by atoms with Crippen LogP contribution >= 0.6 is 15.9 Å². The van der Waals surface area contributed by atoms with Crippen LogP contribution in [0.3, 0.4) is 0 Å². The number of anilines is 2. The summed E-state index contributed by atoms with van der Waals surface area (Å²) >= 11 is 3.65. The second kappa shape index (κ2) is 7.28. The molecule has 5 nitrogen and oxygen atoms in total. The zero-order valence-corrected chi connectivity index (χ0v) is 15.7. The van der Waals surface area contributed by atoms with Crippen molar-refractivity contribution in [2.75, 3.05) is 64.1 Å². The molecule has 1 aromatic rings. The molecule has 2 heterocycles. The molecule has 0 aliphatic carbocycles. The largest absolute Gasteiger partial charge is 0.495 e. The summed E-state index contributed by atoms with van der Waals surface area (Å²) in [7, 11) is 3.88. The SMILES string of the molecule is COc1cc(N2CCC(N3CCN(C)CC3)CC2)c(Br)cc1N. The topological polar surface area (TPSA) is 45.0 Å². The minimum Gasteiger partial charge on any atom is -0.495 e. The van der Waals surface area contributed by atoms with E-state index in [2.05, 4.69) is 43.7 Å². The van der Waals surface area contributed by atoms with Gasteiger partial charge in [-0.05, 0) is 41.9 Å². The molecular weight excluding hydrogens is 356 g/mol. The van der Waals surface area contributed by atoms with Gasteiger partial charge in [-0.25, -0.2) is 0 Å². The van der Waals surface area contributed by atoms with Gasteiger partial charge in [-0.2, -0.15) is 0 Å². The van der Waals surface area contributed by atoms with Crippen molar-refractivity contribution in [3.63, 3.8) is 0 Å². The summed E-state index contributed by atoms with van der Waals surface area (Å²) in [6.07, 6.45) is 2.45. The highest BCUT2D eigenvalue weighted by atomic mass is 79.9. The number of nitrogens with two attached hydrogens (primary N) is 1. The summed E-state index contributed by atoms with van der Waals surface area (Å²) in [5.41, 5.74) is 7.84. The van der Waals surface area contributed by atoms with Gasteiger partial charge < -0.3 is 20.3 Å². The van der Waals surface area contributed by atoms with E-state index in [9.17, 15) is 0 Å². The third-order valence-corrected chi connectivity index (χ3v) is 5.79. The first-order valence-electron chi connectivity index (χ1n) is 8.39. The summed E-state index contributed by atoms with van der Waals surface area (Å²) in [5, 5.41) is 0. The summed E-state index contributed by atoms with van der Waals surface area (Å²) in [4.78, 5) is 7.54. The molecule has 2 fully saturated rings. The minimum atomic E-state index is 0.676. The zero-order valence-electron chi connectivity index (χ0n) is 14.1. The van der Waals surface area contributed by atoms with E-state index in [1.54, 1.807) is 7.11 Å². The summed E-state index contributed by atoms with van der Waals surface area (Å²) in [6, 6.07) is 4.73. The molecule has 0 unspecified atom stereocenters. The summed E-state index contributed by atoms with van der Waals surface area (Å²) < 4.78 is 6.42. The predicted octanol–water partition coefficient (Wildman–Crippen LogP) is 2.26. The van der Waals surface area contributed by atoms with E-state index < -0.39 is 0 Å². The van der Waals surface area contributed by atoms with Crippen LogP contribution in [0.4, 0.5) is 11.4 Å². The van der Waals surface area contributed by atoms with Crippen LogP contribution in [-0.2, 0) is 0 Å². The number of rotatable bonds is 3. The molecule has 128 valence electrons. The van der Waals surface area contributed by atoms with Crippen LogP contribution in [0.1, 0.15) is 12.8 Å². The molecule has 0 amide bonds. The van der Waals surface area contributed by atoms with Crippen molar-refractivity contribution in [2.45, 2.75) is 18.9 Å². The van der Waals surface area contributed by atoms with Gasteiger partial charge in [0, 0.05) is 55.8 Å². The fourth-order valence-corrected chi connectivity index (χ4v) is 4.25. The Hall–Kier alpha value is -0.980. The lowest BCUT2D eigenvalue weighted by Gasteiger charge is -2.42. The molecule has 23 heavy (non-hydrogen) atoms. The van der Waals surface area contributed by atoms with E-state index in [-0.39, 0.29) is 0 Å². The minimum absolute atomic E-state index is 0.676. The van der Waals surface area contributed by atoms with Gasteiger partial charge in [0.05, 0.1) is 18.5 Å². The Morgan fingerprint density at radius 3 is 2.35 bits per heavy atom. The monoisotopic (exact) mass is 382 g/mol. The van der Waals surface area contributed by atoms with Crippen LogP contribution in [0.2, 0.25) is 0 Å². The van der Waals surface area contributed by atoms with E-state index >= 15 is 0 Å². The van der Waals surface area contributed by atoms with Crippen molar-refractivity contribution >= 4 is 27.3 Å². The number of hydrogen-bond acceptors (Lipinski definition) is 5. The molecule has 6 heteroatoms. The molecule has 2 aliphatic heterocycles. The number of piperidine rings is 1. The third-order valence-electron chi connectivity index (χ3n) is 5.16. The van der Waals surface area contributed by atoms with Crippen molar-refractivity contribution in [3.8, 4) is 5.75 Å². The van der Waals surface area contributed by atoms with Crippen molar-refractivity contribution in [1.82, 2.24) is 9.80 Å². The lowest BCUT2D eigenvalue weighted by Crippen LogP contribution is -2.52. The van der Waals surface area contributed by atoms with Crippen LogP contribution in [0.5, 0.6) is 5.75 Å². The standard InChI is InChI=1S/C17H27BrN4O/c1-20-7-9-21(10-8-20)13-3-5-22(6-4-13)16-12-17(23-2)15(19)11-14(16)18/h11-13H,3-10,19H2,1-2H3. The number of hydrogen-bond donors (Lipinski definition) is 1. The average Bonchev–Trinajstić information content (AvgIpc) is 2.56. The van der Waals surface area contributed by atoms with E-state index in [0.717, 1.165) is 29.4 Å². The first-order chi connectivity index (χ1) is 11.1. The highest BCUT2D eigenvalue weighted by Crippen LogP contribution is 2.36. The first-order valence-corrected chi connectivity index (χ1v) is 9.18. The van der Waals surface area contributed by atoms with E-state index in [4.69, 9.17) is 10.5 Å². The predicted molar refractivity (Wildman–Crippen MR) is 99.4 cm³/mol. The van der Waals surface area contributed by atoms with E-state index in [1.807, 2.05) is 6.07 Å². The van der Waals surface area contributed by atoms with Crippen molar-refractivity contribution in [3.05, 3.63) is 16.6 Å². The van der Waals surface area contributed by atoms with Crippen LogP contribution in [0, 0.1) is 0 Å². The maximum atomic E-state index is 5.98. The number of ether oxygens (including phenoxy) is 1. The van der Waals surface area contributed by atoms with Crippen LogP contribution in [-0.4, -0.2) is 69.3 Å². The van der Waals surface area contributed by atoms with Crippen molar-refractivity contribution in [1.29, 1.82) is 0 Å². The molecule has 0 spiro atoms. The van der Waals surface area contributed by atoms with Gasteiger partial charge >= 0.3 is 0 Å². The second-order valence-electron chi connectivity index (χ2n) is 6.60. The number of nitrogens with zero attached hydrogens (tertiary/aromatic N) is 3. The smallest absolute Gasteiger partial charge is 0.143 e. The maximum Gasteiger partial charge on any atom is 0.143 e. The van der Waals surface area contributed by atoms with Gasteiger partial charge in [0.15, 0.2) is 0 Å². The highest BCUT2D eigenvalue weighted by Gasteiger charge is 2.27. The number of benzene rings is 1. The highest BCUT2D eigenvalue weighted by molar-refractivity contribution is 9.10. The van der Waals surface area contributed by atoms with Crippen LogP contribution in [0.15, 0.2) is 16.6 Å². The number of likely N-dealkylation sites (N-methyl/N-ethyl adjacent to an activating group) is 1. The quantitative estimate of drug-likeness (QED) is 0.812. The van der Waals surface area contributed by atoms with E-state index in [0.29, 0.717) is 5.69 Å². The molecule has 0 bridgehead atoms. The van der Waals surface area contributed by atoms with Gasteiger partial charge in [0.1, 0.15) is 5.75 Å². The third kappa shape index (κ3) is 3.75. The molecule has 2 saturated heterocycles. The fraction of sp³-hybridized carbons (Fsp3) is 0.647. The number of piperazine rings is 1. The molecule has 1 aromatic carbocycles. The Kier molecular flexibility index (Phi) is 5.34. The number of halogens is 1. The summed E-state index contributed by atoms with van der Waals surface area (Å²) in [5.74, 6) is 0.754. The van der Waals surface area contributed by atoms with Crippen molar-refractivity contribution < 1.29 is 4.74 Å². The number of methoxy groups -OCH3 is 1. The van der Waals surface area contributed by atoms with E-state index in [1.165, 1.54) is 44.7 Å². The van der Waals surface area contributed by atoms with Gasteiger partial charge in [-0.1, -0.05) is 0 Å². The van der Waals surface area contributed by atoms with Gasteiger partial charge in [-0.15, -0.1) is 0 Å². The second-order valence-corrected chi connectivity index (χ2v) is 7.46. The molecule has 0 radical (unpaired) electrons. The molecule has 0 aromatic heterocycles. The Bertz CT molecular complexity index is 538. The Morgan fingerprint density at radius 1 is 1.09 bits per heavy atom. The average molecular weight is 383 g/mol. The summed E-state index contributed by atoms with van der Waals surface area (Å²) in [6.45, 7) is 6.98. The molecular formula is C17H27BrN4O. The molecule has 0 saturated carbocycles. The Labute approximate surface area is 147 Å². The van der Waals surface area contributed by atoms with Crippen LogP contribution < -0.4 is 15.4 Å².